The number of hydrogen-bond acceptors (Lipinski definition) is 0. The zero-order chi connectivity index (χ0) is 14.8. The van der Waals surface area contributed by atoms with Gasteiger partial charge in [-0.2, -0.15) is 0 Å². The number of benzene rings is 3. The summed E-state index contributed by atoms with van der Waals surface area (Å²) >= 11 is 0. The third kappa shape index (κ3) is 2.25. The zero-order valence-corrected chi connectivity index (χ0v) is 12.2. The van der Waals surface area contributed by atoms with Crippen LogP contribution < -0.4 is 0 Å². The Bertz CT molecular complexity index is 833. The molecule has 0 nitrogen and oxygen atoms in total. The van der Waals surface area contributed by atoms with Crippen LogP contribution in [0.15, 0.2) is 90.8 Å². The standard InChI is InChI=1S/C21H15B/c1-2-6-16(7-3-1)18-8-4-11-21-19(9-5-10-20(18)21)17-12-14-22-15-13-17/h1-15H. The van der Waals surface area contributed by atoms with Crippen molar-refractivity contribution in [1.29, 1.82) is 0 Å². The average molecular weight is 278 g/mol. The molecule has 0 bridgehead atoms. The Hall–Kier alpha value is -2.67. The van der Waals surface area contributed by atoms with Crippen LogP contribution >= 0.6 is 0 Å². The summed E-state index contributed by atoms with van der Waals surface area (Å²) in [6.07, 6.45) is 0. The molecule has 0 saturated heterocycles. The minimum atomic E-state index is 1.26. The van der Waals surface area contributed by atoms with E-state index in [-0.39, 0.29) is 0 Å². The van der Waals surface area contributed by atoms with E-state index >= 15 is 0 Å². The summed E-state index contributed by atoms with van der Waals surface area (Å²) < 4.78 is 0. The van der Waals surface area contributed by atoms with E-state index in [1.807, 2.05) is 0 Å². The monoisotopic (exact) mass is 278 g/mol. The van der Waals surface area contributed by atoms with Gasteiger partial charge in [0.1, 0.15) is 0 Å². The Morgan fingerprint density at radius 1 is 0.455 bits per heavy atom. The molecule has 3 aromatic carbocycles. The van der Waals surface area contributed by atoms with E-state index in [9.17, 15) is 0 Å². The molecule has 0 atom stereocenters. The molecule has 0 aliphatic heterocycles. The van der Waals surface area contributed by atoms with Gasteiger partial charge >= 0.3 is 131 Å². The van der Waals surface area contributed by atoms with E-state index in [2.05, 4.69) is 97.7 Å². The summed E-state index contributed by atoms with van der Waals surface area (Å²) in [5.41, 5.74) is 5.10. The van der Waals surface area contributed by atoms with Gasteiger partial charge < -0.3 is 0 Å². The second-order valence-corrected chi connectivity index (χ2v) is 5.44. The third-order valence-electron chi connectivity index (χ3n) is 4.09. The van der Waals surface area contributed by atoms with Crippen LogP contribution in [0.4, 0.5) is 0 Å². The van der Waals surface area contributed by atoms with Gasteiger partial charge in [-0.05, 0) is 0 Å². The fourth-order valence-electron chi connectivity index (χ4n) is 3.05. The molecule has 1 heteroatoms. The Balaban J connectivity index is 2.00. The Kier molecular flexibility index (Phi) is 3.32. The van der Waals surface area contributed by atoms with E-state index in [0.717, 1.165) is 0 Å². The second kappa shape index (κ2) is 5.61. The molecule has 1 heterocycles. The molecule has 0 spiro atoms. The van der Waals surface area contributed by atoms with Gasteiger partial charge in [0.2, 0.25) is 0 Å². The second-order valence-electron chi connectivity index (χ2n) is 5.44. The molecule has 102 valence electrons. The zero-order valence-electron chi connectivity index (χ0n) is 12.2. The quantitative estimate of drug-likeness (QED) is 0.453. The van der Waals surface area contributed by atoms with Crippen molar-refractivity contribution < 1.29 is 0 Å². The van der Waals surface area contributed by atoms with Crippen molar-refractivity contribution >= 4 is 17.7 Å². The van der Waals surface area contributed by atoms with Gasteiger partial charge in [0.15, 0.2) is 0 Å². The minimum absolute atomic E-state index is 1.26. The van der Waals surface area contributed by atoms with Gasteiger partial charge in [0.25, 0.3) is 0 Å². The maximum atomic E-state index is 2.21. The van der Waals surface area contributed by atoms with Crippen LogP contribution in [0.25, 0.3) is 33.0 Å². The molecule has 4 rings (SSSR count). The molecule has 0 radical (unpaired) electrons. The summed E-state index contributed by atoms with van der Waals surface area (Å²) in [5.74, 6) is 4.18. The van der Waals surface area contributed by atoms with Crippen molar-refractivity contribution in [3.05, 3.63) is 90.8 Å². The van der Waals surface area contributed by atoms with E-state index < -0.39 is 0 Å². The predicted octanol–water partition coefficient (Wildman–Crippen LogP) is 5.51. The number of fused-ring (bicyclic) bond motifs is 1. The molecule has 0 amide bonds. The van der Waals surface area contributed by atoms with Crippen molar-refractivity contribution in [3.8, 4) is 22.3 Å². The van der Waals surface area contributed by atoms with E-state index in [0.29, 0.717) is 0 Å². The first-order valence-corrected chi connectivity index (χ1v) is 7.56. The molecular weight excluding hydrogens is 263 g/mol. The first kappa shape index (κ1) is 13.0. The molecule has 0 fully saturated rings. The molecule has 4 aromatic rings. The summed E-state index contributed by atoms with van der Waals surface area (Å²) in [7, 11) is 0. The fourth-order valence-corrected chi connectivity index (χ4v) is 3.05. The molecule has 0 aliphatic rings. The van der Waals surface area contributed by atoms with Gasteiger partial charge in [0, 0.05) is 0 Å². The van der Waals surface area contributed by atoms with E-state index in [4.69, 9.17) is 0 Å². The molecule has 0 unspecified atom stereocenters. The van der Waals surface area contributed by atoms with E-state index in [1.54, 1.807) is 0 Å². The molecule has 22 heavy (non-hydrogen) atoms. The van der Waals surface area contributed by atoms with Gasteiger partial charge in [-0.1, -0.05) is 0 Å². The van der Waals surface area contributed by atoms with E-state index in [1.165, 1.54) is 33.0 Å². The number of rotatable bonds is 2. The van der Waals surface area contributed by atoms with Crippen molar-refractivity contribution in [1.82, 2.24) is 0 Å². The van der Waals surface area contributed by atoms with Crippen LogP contribution in [0.2, 0.25) is 0 Å². The first-order valence-electron chi connectivity index (χ1n) is 7.56. The SMILES string of the molecule is b1ccc(-c2cccc3c(-c4ccccc4)cccc23)cc1. The first-order chi connectivity index (χ1) is 10.9. The van der Waals surface area contributed by atoms with Crippen LogP contribution in [0.1, 0.15) is 0 Å². The molecule has 0 saturated carbocycles. The molecule has 0 N–H and O–H groups in total. The Morgan fingerprint density at radius 2 is 1.00 bits per heavy atom. The van der Waals surface area contributed by atoms with Crippen LogP contribution in [0.5, 0.6) is 0 Å². The Morgan fingerprint density at radius 3 is 1.59 bits per heavy atom. The fraction of sp³-hybridized carbons (Fsp3) is 0. The topological polar surface area (TPSA) is 0 Å². The maximum absolute atomic E-state index is 2.21. The number of hydrogen-bond donors (Lipinski definition) is 0. The summed E-state index contributed by atoms with van der Waals surface area (Å²) in [4.78, 5) is 0. The van der Waals surface area contributed by atoms with Crippen LogP contribution in [-0.2, 0) is 0 Å². The van der Waals surface area contributed by atoms with Crippen molar-refractivity contribution in [2.75, 3.05) is 0 Å². The van der Waals surface area contributed by atoms with Gasteiger partial charge in [0.05, 0.1) is 0 Å². The molecular formula is C21H15B. The predicted molar refractivity (Wildman–Crippen MR) is 96.2 cm³/mol. The third-order valence-corrected chi connectivity index (χ3v) is 4.09. The van der Waals surface area contributed by atoms with Crippen molar-refractivity contribution in [2.45, 2.75) is 0 Å². The normalized spacial score (nSPS) is 10.5. The van der Waals surface area contributed by atoms with Crippen molar-refractivity contribution in [2.24, 2.45) is 0 Å². The molecule has 1 aromatic heterocycles. The molecule has 0 aliphatic carbocycles. The van der Waals surface area contributed by atoms with Gasteiger partial charge in [-0.3, -0.25) is 0 Å². The Labute approximate surface area is 131 Å². The summed E-state index contributed by atoms with van der Waals surface area (Å²) in [6.45, 7) is 2.06. The van der Waals surface area contributed by atoms with Gasteiger partial charge in [-0.25, -0.2) is 0 Å². The average Bonchev–Trinajstić information content (AvgIpc) is 2.62. The van der Waals surface area contributed by atoms with Crippen LogP contribution in [0, 0.1) is 0 Å². The van der Waals surface area contributed by atoms with Gasteiger partial charge in [-0.15, -0.1) is 0 Å². The summed E-state index contributed by atoms with van der Waals surface area (Å²) in [6, 6.07) is 28.1. The summed E-state index contributed by atoms with van der Waals surface area (Å²) in [5, 5.41) is 2.60. The van der Waals surface area contributed by atoms with Crippen molar-refractivity contribution in [3.63, 3.8) is 0 Å². The van der Waals surface area contributed by atoms with Crippen LogP contribution in [0.3, 0.4) is 0 Å². The van der Waals surface area contributed by atoms with Crippen LogP contribution in [-0.4, -0.2) is 6.91 Å².